The Labute approximate surface area is 189 Å². The molecule has 31 heavy (non-hydrogen) atoms. The number of carboxylic acid groups (broad SMARTS) is 1. The van der Waals surface area contributed by atoms with Crippen LogP contribution in [0.1, 0.15) is 103 Å². The lowest BCUT2D eigenvalue weighted by Gasteiger charge is -2.39. The van der Waals surface area contributed by atoms with E-state index in [0.29, 0.717) is 18.0 Å². The van der Waals surface area contributed by atoms with Crippen molar-refractivity contribution in [1.29, 1.82) is 0 Å². The third kappa shape index (κ3) is 6.89. The number of nitrogens with zero attached hydrogens (tertiary/aromatic N) is 1. The lowest BCUT2D eigenvalue weighted by atomic mass is 9.86. The normalized spacial score (nSPS) is 23.5. The molecule has 174 valence electrons. The Balaban J connectivity index is 1.93. The summed E-state index contributed by atoms with van der Waals surface area (Å²) in [5, 5.41) is 13.2. The molecular formula is C27H44N2O2. The number of carboxylic acids is 1. The summed E-state index contributed by atoms with van der Waals surface area (Å²) < 4.78 is 0. The standard InChI is InChI=1S/C27H44N2O2/c1-19(2)18-29(24-11-6-5-7-12-24)26-14-13-22(21(4)16-27(30)31)17-25(26)28-23-10-8-9-20(3)15-23/h13-14,17,19-21,23-24,28H,5-12,15-16,18H2,1-4H3,(H,30,31)/t20-,21-,23?/m1/s1. The molecule has 1 aromatic rings. The van der Waals surface area contributed by atoms with Crippen molar-refractivity contribution in [2.75, 3.05) is 16.8 Å². The van der Waals surface area contributed by atoms with E-state index < -0.39 is 5.97 Å². The van der Waals surface area contributed by atoms with Gasteiger partial charge in [-0.25, -0.2) is 0 Å². The molecule has 0 spiro atoms. The monoisotopic (exact) mass is 428 g/mol. The Kier molecular flexibility index (Phi) is 8.68. The van der Waals surface area contributed by atoms with Crippen LogP contribution in [-0.4, -0.2) is 29.7 Å². The van der Waals surface area contributed by atoms with E-state index in [4.69, 9.17) is 0 Å². The molecule has 2 N–H and O–H groups in total. The fourth-order valence-electron chi connectivity index (χ4n) is 5.62. The van der Waals surface area contributed by atoms with E-state index in [9.17, 15) is 9.90 Å². The maximum atomic E-state index is 11.3. The van der Waals surface area contributed by atoms with Crippen molar-refractivity contribution in [2.45, 2.75) is 110 Å². The van der Waals surface area contributed by atoms with Crippen LogP contribution in [0.2, 0.25) is 0 Å². The highest BCUT2D eigenvalue weighted by Gasteiger charge is 2.26. The molecule has 0 bridgehead atoms. The molecule has 2 saturated carbocycles. The van der Waals surface area contributed by atoms with Crippen molar-refractivity contribution < 1.29 is 9.90 Å². The lowest BCUT2D eigenvalue weighted by Crippen LogP contribution is -2.40. The van der Waals surface area contributed by atoms with Crippen LogP contribution in [0.5, 0.6) is 0 Å². The first-order chi connectivity index (χ1) is 14.8. The van der Waals surface area contributed by atoms with Crippen LogP contribution in [0.3, 0.4) is 0 Å². The second-order valence-electron chi connectivity index (χ2n) is 10.7. The molecule has 0 heterocycles. The predicted molar refractivity (Wildman–Crippen MR) is 131 cm³/mol. The number of nitrogens with one attached hydrogen (secondary N) is 1. The first-order valence-electron chi connectivity index (χ1n) is 12.7. The number of hydrogen-bond donors (Lipinski definition) is 2. The van der Waals surface area contributed by atoms with Crippen LogP contribution >= 0.6 is 0 Å². The summed E-state index contributed by atoms with van der Waals surface area (Å²) in [6, 6.07) is 7.84. The van der Waals surface area contributed by atoms with Gasteiger partial charge in [-0.2, -0.15) is 0 Å². The zero-order valence-corrected chi connectivity index (χ0v) is 20.2. The second-order valence-corrected chi connectivity index (χ2v) is 10.7. The third-order valence-electron chi connectivity index (χ3n) is 7.25. The minimum Gasteiger partial charge on any atom is -0.481 e. The van der Waals surface area contributed by atoms with Crippen molar-refractivity contribution >= 4 is 17.3 Å². The topological polar surface area (TPSA) is 52.6 Å². The summed E-state index contributed by atoms with van der Waals surface area (Å²) >= 11 is 0. The van der Waals surface area contributed by atoms with Gasteiger partial charge in [0.15, 0.2) is 0 Å². The van der Waals surface area contributed by atoms with E-state index in [0.717, 1.165) is 18.0 Å². The van der Waals surface area contributed by atoms with Gasteiger partial charge < -0.3 is 15.3 Å². The summed E-state index contributed by atoms with van der Waals surface area (Å²) in [5.41, 5.74) is 3.68. The van der Waals surface area contributed by atoms with Crippen LogP contribution in [0, 0.1) is 11.8 Å². The van der Waals surface area contributed by atoms with Gasteiger partial charge in [-0.3, -0.25) is 4.79 Å². The second kappa shape index (κ2) is 11.2. The average molecular weight is 429 g/mol. The van der Waals surface area contributed by atoms with E-state index in [1.165, 1.54) is 69.2 Å². The fourth-order valence-corrected chi connectivity index (χ4v) is 5.62. The molecule has 2 aliphatic rings. The maximum Gasteiger partial charge on any atom is 0.303 e. The molecule has 3 rings (SSSR count). The molecule has 0 radical (unpaired) electrons. The van der Waals surface area contributed by atoms with Gasteiger partial charge in [0.05, 0.1) is 17.8 Å². The first kappa shape index (κ1) is 23.9. The van der Waals surface area contributed by atoms with Crippen molar-refractivity contribution in [3.05, 3.63) is 23.8 Å². The number of carbonyl (C=O) groups is 1. The summed E-state index contributed by atoms with van der Waals surface area (Å²) in [6.07, 6.45) is 11.8. The van der Waals surface area contributed by atoms with E-state index in [1.54, 1.807) is 0 Å². The van der Waals surface area contributed by atoms with Gasteiger partial charge >= 0.3 is 5.97 Å². The number of hydrogen-bond acceptors (Lipinski definition) is 3. The van der Waals surface area contributed by atoms with Crippen molar-refractivity contribution in [3.63, 3.8) is 0 Å². The highest BCUT2D eigenvalue weighted by atomic mass is 16.4. The molecule has 4 nitrogen and oxygen atoms in total. The van der Waals surface area contributed by atoms with Gasteiger partial charge in [-0.1, -0.05) is 65.9 Å². The van der Waals surface area contributed by atoms with E-state index >= 15 is 0 Å². The van der Waals surface area contributed by atoms with E-state index in [2.05, 4.69) is 49.2 Å². The van der Waals surface area contributed by atoms with Gasteiger partial charge in [0, 0.05) is 18.6 Å². The highest BCUT2D eigenvalue weighted by molar-refractivity contribution is 5.73. The van der Waals surface area contributed by atoms with E-state index in [-0.39, 0.29) is 12.3 Å². The molecule has 4 heteroatoms. The third-order valence-corrected chi connectivity index (χ3v) is 7.25. The number of anilines is 2. The summed E-state index contributed by atoms with van der Waals surface area (Å²) in [4.78, 5) is 14.0. The van der Waals surface area contributed by atoms with Crippen LogP contribution in [-0.2, 0) is 4.79 Å². The molecule has 2 aliphatic carbocycles. The van der Waals surface area contributed by atoms with Crippen LogP contribution in [0.25, 0.3) is 0 Å². The quantitative estimate of drug-likeness (QED) is 0.442. The highest BCUT2D eigenvalue weighted by Crippen LogP contribution is 2.37. The van der Waals surface area contributed by atoms with Crippen molar-refractivity contribution in [3.8, 4) is 0 Å². The van der Waals surface area contributed by atoms with Crippen molar-refractivity contribution in [1.82, 2.24) is 0 Å². The lowest BCUT2D eigenvalue weighted by molar-refractivity contribution is -0.137. The molecule has 0 amide bonds. The smallest absolute Gasteiger partial charge is 0.303 e. The first-order valence-corrected chi connectivity index (χ1v) is 12.7. The molecule has 1 aromatic carbocycles. The molecule has 1 unspecified atom stereocenters. The summed E-state index contributed by atoms with van der Waals surface area (Å²) in [5.74, 6) is 0.672. The molecule has 0 saturated heterocycles. The molecule has 2 fully saturated rings. The minimum absolute atomic E-state index is 0.0191. The zero-order valence-electron chi connectivity index (χ0n) is 20.2. The number of aliphatic carboxylic acids is 1. The molecular weight excluding hydrogens is 384 g/mol. The summed E-state index contributed by atoms with van der Waals surface area (Å²) in [6.45, 7) is 10.1. The predicted octanol–water partition coefficient (Wildman–Crippen LogP) is 7.05. The SMILES string of the molecule is CC(C)CN(c1ccc([C@H](C)CC(=O)O)cc1NC1CCC[C@@H](C)C1)C1CCCCC1. The van der Waals surface area contributed by atoms with Crippen LogP contribution < -0.4 is 10.2 Å². The van der Waals surface area contributed by atoms with Gasteiger partial charge in [0.2, 0.25) is 0 Å². The summed E-state index contributed by atoms with van der Waals surface area (Å²) in [7, 11) is 0. The van der Waals surface area contributed by atoms with Gasteiger partial charge in [-0.05, 0) is 61.1 Å². The average Bonchev–Trinajstić information content (AvgIpc) is 2.72. The van der Waals surface area contributed by atoms with Gasteiger partial charge in [-0.15, -0.1) is 0 Å². The Morgan fingerprint density at radius 2 is 1.84 bits per heavy atom. The van der Waals surface area contributed by atoms with Crippen LogP contribution in [0.15, 0.2) is 18.2 Å². The molecule has 0 aliphatic heterocycles. The van der Waals surface area contributed by atoms with Gasteiger partial charge in [0.1, 0.15) is 0 Å². The number of rotatable bonds is 9. The largest absolute Gasteiger partial charge is 0.481 e. The maximum absolute atomic E-state index is 11.3. The van der Waals surface area contributed by atoms with E-state index in [1.807, 2.05) is 6.92 Å². The zero-order chi connectivity index (χ0) is 22.4. The Morgan fingerprint density at radius 3 is 2.48 bits per heavy atom. The number of benzene rings is 1. The van der Waals surface area contributed by atoms with Crippen LogP contribution in [0.4, 0.5) is 11.4 Å². The fraction of sp³-hybridized carbons (Fsp3) is 0.741. The van der Waals surface area contributed by atoms with Gasteiger partial charge in [0.25, 0.3) is 0 Å². The molecule has 0 aromatic heterocycles. The minimum atomic E-state index is -0.726. The van der Waals surface area contributed by atoms with Crippen molar-refractivity contribution in [2.24, 2.45) is 11.8 Å². The Hall–Kier alpha value is -1.71. The molecule has 3 atom stereocenters. The Bertz CT molecular complexity index is 711. The Morgan fingerprint density at radius 1 is 1.10 bits per heavy atom.